The van der Waals surface area contributed by atoms with Crippen LogP contribution in [0.25, 0.3) is 0 Å². The average molecular weight is 378 g/mol. The molecule has 0 saturated carbocycles. The molecule has 1 atom stereocenters. The van der Waals surface area contributed by atoms with Crippen molar-refractivity contribution in [3.8, 4) is 5.75 Å². The van der Waals surface area contributed by atoms with Crippen LogP contribution in [-0.4, -0.2) is 35.0 Å². The van der Waals surface area contributed by atoms with Gasteiger partial charge in [0.1, 0.15) is 12.4 Å². The van der Waals surface area contributed by atoms with Crippen LogP contribution >= 0.6 is 11.6 Å². The first kappa shape index (κ1) is 18.7. The number of benzene rings is 1. The third-order valence-corrected chi connectivity index (χ3v) is 4.90. The number of halogens is 1. The first-order chi connectivity index (χ1) is 12.4. The van der Waals surface area contributed by atoms with Gasteiger partial charge in [0.15, 0.2) is 0 Å². The summed E-state index contributed by atoms with van der Waals surface area (Å²) in [5, 5.41) is 7.81. The fourth-order valence-corrected chi connectivity index (χ4v) is 3.28. The number of amides is 1. The molecule has 7 heteroatoms. The number of nitrogens with one attached hydrogen (secondary N) is 1. The molecule has 1 aromatic heterocycles. The van der Waals surface area contributed by atoms with Crippen molar-refractivity contribution < 1.29 is 14.3 Å². The number of rotatable bonds is 6. The molecular formula is C19H24ClN3O3. The number of carbonyl (C=O) groups is 1. The maximum atomic E-state index is 12.5. The monoisotopic (exact) mass is 377 g/mol. The number of aryl methyl sites for hydroxylation is 2. The van der Waals surface area contributed by atoms with E-state index >= 15 is 0 Å². The van der Waals surface area contributed by atoms with Gasteiger partial charge in [-0.15, -0.1) is 0 Å². The standard InChI is InChI=1S/C19H24ClN3O3/c1-12-16(13(2)23(3)22-12)10-19(24)21-17-9-14(20)6-7-18(17)26-11-15-5-4-8-25-15/h6-7,9,15H,4-5,8,10-11H2,1-3H3,(H,21,24)/t15-/m0/s1. The molecule has 6 nitrogen and oxygen atoms in total. The van der Waals surface area contributed by atoms with Gasteiger partial charge in [0.05, 0.1) is 23.9 Å². The molecule has 1 amide bonds. The molecule has 1 aromatic carbocycles. The van der Waals surface area contributed by atoms with Crippen molar-refractivity contribution in [1.29, 1.82) is 0 Å². The molecular weight excluding hydrogens is 354 g/mol. The minimum absolute atomic E-state index is 0.106. The van der Waals surface area contributed by atoms with Crippen LogP contribution in [0.5, 0.6) is 5.75 Å². The Labute approximate surface area is 158 Å². The summed E-state index contributed by atoms with van der Waals surface area (Å²) in [6.45, 7) is 5.11. The molecule has 1 aliphatic rings. The second kappa shape index (κ2) is 8.10. The van der Waals surface area contributed by atoms with Crippen LogP contribution in [0.4, 0.5) is 5.69 Å². The van der Waals surface area contributed by atoms with E-state index < -0.39 is 0 Å². The average Bonchev–Trinajstić information content (AvgIpc) is 3.18. The van der Waals surface area contributed by atoms with Crippen LogP contribution in [-0.2, 0) is 23.0 Å². The molecule has 0 aliphatic carbocycles. The van der Waals surface area contributed by atoms with Crippen molar-refractivity contribution in [2.45, 2.75) is 39.2 Å². The largest absolute Gasteiger partial charge is 0.489 e. The van der Waals surface area contributed by atoms with Crippen molar-refractivity contribution in [3.05, 3.63) is 40.2 Å². The van der Waals surface area contributed by atoms with Gasteiger partial charge in [-0.2, -0.15) is 5.10 Å². The van der Waals surface area contributed by atoms with E-state index in [9.17, 15) is 4.79 Å². The second-order valence-corrected chi connectivity index (χ2v) is 7.02. The molecule has 1 fully saturated rings. The maximum absolute atomic E-state index is 12.5. The third kappa shape index (κ3) is 4.37. The van der Waals surface area contributed by atoms with Crippen molar-refractivity contribution in [2.75, 3.05) is 18.5 Å². The number of nitrogens with zero attached hydrogens (tertiary/aromatic N) is 2. The van der Waals surface area contributed by atoms with Gasteiger partial charge in [-0.25, -0.2) is 0 Å². The third-order valence-electron chi connectivity index (χ3n) is 4.66. The Bertz CT molecular complexity index is 798. The predicted molar refractivity (Wildman–Crippen MR) is 101 cm³/mol. The molecule has 0 unspecified atom stereocenters. The van der Waals surface area contributed by atoms with Gasteiger partial charge in [0.25, 0.3) is 0 Å². The van der Waals surface area contributed by atoms with Crippen molar-refractivity contribution in [1.82, 2.24) is 9.78 Å². The highest BCUT2D eigenvalue weighted by Crippen LogP contribution is 2.29. The molecule has 0 spiro atoms. The van der Waals surface area contributed by atoms with Gasteiger partial charge < -0.3 is 14.8 Å². The minimum atomic E-state index is -0.131. The lowest BCUT2D eigenvalue weighted by atomic mass is 10.1. The fraction of sp³-hybridized carbons (Fsp3) is 0.474. The predicted octanol–water partition coefficient (Wildman–Crippen LogP) is 3.43. The topological polar surface area (TPSA) is 65.4 Å². The summed E-state index contributed by atoms with van der Waals surface area (Å²) in [6, 6.07) is 5.22. The van der Waals surface area contributed by atoms with Crippen LogP contribution < -0.4 is 10.1 Å². The van der Waals surface area contributed by atoms with Crippen LogP contribution in [0.1, 0.15) is 29.8 Å². The lowest BCUT2D eigenvalue weighted by Crippen LogP contribution is -2.19. The lowest BCUT2D eigenvalue weighted by molar-refractivity contribution is -0.115. The van der Waals surface area contributed by atoms with Crippen molar-refractivity contribution in [3.63, 3.8) is 0 Å². The van der Waals surface area contributed by atoms with Crippen molar-refractivity contribution in [2.24, 2.45) is 7.05 Å². The quantitative estimate of drug-likeness (QED) is 0.837. The smallest absolute Gasteiger partial charge is 0.229 e. The fourth-order valence-electron chi connectivity index (χ4n) is 3.11. The Morgan fingerprint density at radius 1 is 1.46 bits per heavy atom. The molecule has 26 heavy (non-hydrogen) atoms. The van der Waals surface area contributed by atoms with Gasteiger partial charge in [0, 0.05) is 29.9 Å². The zero-order valence-corrected chi connectivity index (χ0v) is 16.1. The van der Waals surface area contributed by atoms with E-state index in [0.717, 1.165) is 36.4 Å². The number of hydrogen-bond acceptors (Lipinski definition) is 4. The van der Waals surface area contributed by atoms with E-state index in [4.69, 9.17) is 21.1 Å². The molecule has 1 aliphatic heterocycles. The van der Waals surface area contributed by atoms with Crippen LogP contribution in [0.3, 0.4) is 0 Å². The van der Waals surface area contributed by atoms with E-state index in [0.29, 0.717) is 23.1 Å². The highest BCUT2D eigenvalue weighted by Gasteiger charge is 2.18. The second-order valence-electron chi connectivity index (χ2n) is 6.58. The summed E-state index contributed by atoms with van der Waals surface area (Å²) >= 11 is 6.10. The molecule has 2 heterocycles. The number of carbonyl (C=O) groups excluding carboxylic acids is 1. The lowest BCUT2D eigenvalue weighted by Gasteiger charge is -2.15. The SMILES string of the molecule is Cc1nn(C)c(C)c1CC(=O)Nc1cc(Cl)ccc1OC[C@@H]1CCCO1. The molecule has 0 bridgehead atoms. The van der Waals surface area contributed by atoms with Gasteiger partial charge in [-0.05, 0) is 44.9 Å². The Hall–Kier alpha value is -2.05. The first-order valence-electron chi connectivity index (χ1n) is 8.77. The van der Waals surface area contributed by atoms with Crippen LogP contribution in [0, 0.1) is 13.8 Å². The summed E-state index contributed by atoms with van der Waals surface area (Å²) < 4.78 is 13.2. The van der Waals surface area contributed by atoms with E-state index in [2.05, 4.69) is 10.4 Å². The minimum Gasteiger partial charge on any atom is -0.489 e. The van der Waals surface area contributed by atoms with Crippen molar-refractivity contribution >= 4 is 23.2 Å². The molecule has 0 radical (unpaired) electrons. The van der Waals surface area contributed by atoms with Gasteiger partial charge in [-0.1, -0.05) is 11.6 Å². The molecule has 1 saturated heterocycles. The Balaban J connectivity index is 1.69. The number of hydrogen-bond donors (Lipinski definition) is 1. The molecule has 2 aromatic rings. The Morgan fingerprint density at radius 2 is 2.27 bits per heavy atom. The molecule has 1 N–H and O–H groups in total. The molecule has 140 valence electrons. The maximum Gasteiger partial charge on any atom is 0.229 e. The van der Waals surface area contributed by atoms with E-state index in [-0.39, 0.29) is 18.4 Å². The number of aromatic nitrogens is 2. The summed E-state index contributed by atoms with van der Waals surface area (Å²) in [4.78, 5) is 12.5. The first-order valence-corrected chi connectivity index (χ1v) is 9.14. The summed E-state index contributed by atoms with van der Waals surface area (Å²) in [6.07, 6.45) is 2.41. The highest BCUT2D eigenvalue weighted by atomic mass is 35.5. The Morgan fingerprint density at radius 3 is 2.92 bits per heavy atom. The van der Waals surface area contributed by atoms with Gasteiger partial charge in [0.2, 0.25) is 5.91 Å². The van der Waals surface area contributed by atoms with Gasteiger partial charge >= 0.3 is 0 Å². The van der Waals surface area contributed by atoms with E-state index in [1.165, 1.54) is 0 Å². The van der Waals surface area contributed by atoms with Gasteiger partial charge in [-0.3, -0.25) is 9.48 Å². The van der Waals surface area contributed by atoms with E-state index in [1.54, 1.807) is 22.9 Å². The zero-order valence-electron chi connectivity index (χ0n) is 15.3. The molecule has 3 rings (SSSR count). The summed E-state index contributed by atoms with van der Waals surface area (Å²) in [5.41, 5.74) is 3.35. The Kier molecular flexibility index (Phi) is 5.84. The summed E-state index contributed by atoms with van der Waals surface area (Å²) in [7, 11) is 1.87. The summed E-state index contributed by atoms with van der Waals surface area (Å²) in [5.74, 6) is 0.464. The number of anilines is 1. The highest BCUT2D eigenvalue weighted by molar-refractivity contribution is 6.31. The normalized spacial score (nSPS) is 16.7. The van der Waals surface area contributed by atoms with E-state index in [1.807, 2.05) is 20.9 Å². The zero-order chi connectivity index (χ0) is 18.7. The van der Waals surface area contributed by atoms with Crippen LogP contribution in [0.15, 0.2) is 18.2 Å². The number of ether oxygens (including phenoxy) is 2. The van der Waals surface area contributed by atoms with Crippen LogP contribution in [0.2, 0.25) is 5.02 Å².